The molecule has 0 spiro atoms. The molecule has 0 unspecified atom stereocenters. The molecule has 0 bridgehead atoms. The number of imidazole rings is 1. The second kappa shape index (κ2) is 8.58. The van der Waals surface area contributed by atoms with E-state index in [0.29, 0.717) is 34.4 Å². The van der Waals surface area contributed by atoms with Crippen LogP contribution in [0.5, 0.6) is 0 Å². The summed E-state index contributed by atoms with van der Waals surface area (Å²) in [6, 6.07) is 13.5. The minimum absolute atomic E-state index is 0.175. The van der Waals surface area contributed by atoms with E-state index >= 15 is 0 Å². The molecule has 2 aromatic carbocycles. The molecule has 32 heavy (non-hydrogen) atoms. The van der Waals surface area contributed by atoms with Crippen molar-refractivity contribution in [1.29, 1.82) is 0 Å². The van der Waals surface area contributed by atoms with Gasteiger partial charge in [-0.1, -0.05) is 32.0 Å². The molecule has 1 N–H and O–H groups in total. The monoisotopic (exact) mass is 429 g/mol. The Morgan fingerprint density at radius 1 is 1.03 bits per heavy atom. The summed E-state index contributed by atoms with van der Waals surface area (Å²) < 4.78 is 3.00. The van der Waals surface area contributed by atoms with E-state index in [2.05, 4.69) is 15.4 Å². The first-order valence-electron chi connectivity index (χ1n) is 10.3. The lowest BCUT2D eigenvalue weighted by atomic mass is 10.1. The largest absolute Gasteiger partial charge is 0.331 e. The normalized spacial score (nSPS) is 11.1. The van der Waals surface area contributed by atoms with Crippen molar-refractivity contribution in [3.8, 4) is 0 Å². The van der Waals surface area contributed by atoms with Crippen LogP contribution in [0.25, 0.3) is 10.8 Å². The number of carbonyl (C=O) groups excluding carboxylic acids is 2. The van der Waals surface area contributed by atoms with E-state index in [1.807, 2.05) is 13.8 Å². The van der Waals surface area contributed by atoms with Crippen molar-refractivity contribution >= 4 is 28.2 Å². The van der Waals surface area contributed by atoms with Crippen LogP contribution in [0, 0.1) is 5.92 Å². The maximum atomic E-state index is 13.1. The molecule has 8 nitrogen and oxygen atoms in total. The number of amides is 1. The van der Waals surface area contributed by atoms with Gasteiger partial charge in [0, 0.05) is 42.6 Å². The second-order valence-corrected chi connectivity index (χ2v) is 8.00. The average molecular weight is 429 g/mol. The standard InChI is InChI=1S/C24H23N5O3/c1-15(2)14-29-24(32)19-7-5-4-6-18(19)20(27-29)23(31)26-17-10-8-16(9-11-17)21(30)22-25-12-13-28(22)3/h4-13,15H,14H2,1-3H3,(H,26,31). The Kier molecular flexibility index (Phi) is 5.68. The lowest BCUT2D eigenvalue weighted by molar-refractivity contribution is 0.101. The van der Waals surface area contributed by atoms with Gasteiger partial charge >= 0.3 is 0 Å². The zero-order valence-corrected chi connectivity index (χ0v) is 18.1. The van der Waals surface area contributed by atoms with Crippen LogP contribution in [-0.2, 0) is 13.6 Å². The predicted octanol–water partition coefficient (Wildman–Crippen LogP) is 3.27. The van der Waals surface area contributed by atoms with Crippen LogP contribution in [0.2, 0.25) is 0 Å². The van der Waals surface area contributed by atoms with Gasteiger partial charge in [-0.25, -0.2) is 9.67 Å². The van der Waals surface area contributed by atoms with Crippen molar-refractivity contribution in [3.05, 3.63) is 88.4 Å². The van der Waals surface area contributed by atoms with Gasteiger partial charge in [0.25, 0.3) is 11.5 Å². The van der Waals surface area contributed by atoms with Gasteiger partial charge in [0.2, 0.25) is 5.78 Å². The third kappa shape index (κ3) is 4.07. The highest BCUT2D eigenvalue weighted by atomic mass is 16.2. The molecule has 0 atom stereocenters. The van der Waals surface area contributed by atoms with Gasteiger partial charge in [-0.15, -0.1) is 0 Å². The number of rotatable bonds is 6. The number of carbonyl (C=O) groups is 2. The fourth-order valence-corrected chi connectivity index (χ4v) is 3.48. The molecule has 2 aromatic heterocycles. The quantitative estimate of drug-likeness (QED) is 0.474. The van der Waals surface area contributed by atoms with Crippen LogP contribution < -0.4 is 10.9 Å². The number of aryl methyl sites for hydroxylation is 1. The molecule has 0 aliphatic carbocycles. The Hall–Kier alpha value is -4.07. The van der Waals surface area contributed by atoms with Crippen LogP contribution in [0.1, 0.15) is 40.5 Å². The summed E-state index contributed by atoms with van der Waals surface area (Å²) in [4.78, 5) is 42.5. The molecule has 0 radical (unpaired) electrons. The Labute approximate surface area is 184 Å². The van der Waals surface area contributed by atoms with E-state index in [0.717, 1.165) is 0 Å². The predicted molar refractivity (Wildman–Crippen MR) is 122 cm³/mol. The van der Waals surface area contributed by atoms with Crippen LogP contribution in [0.15, 0.2) is 65.7 Å². The van der Waals surface area contributed by atoms with Gasteiger partial charge in [0.1, 0.15) is 0 Å². The topological polar surface area (TPSA) is 98.9 Å². The van der Waals surface area contributed by atoms with E-state index < -0.39 is 5.91 Å². The maximum absolute atomic E-state index is 13.1. The van der Waals surface area contributed by atoms with E-state index in [4.69, 9.17) is 0 Å². The number of hydrogen-bond donors (Lipinski definition) is 1. The highest BCUT2D eigenvalue weighted by Gasteiger charge is 2.18. The molecule has 4 rings (SSSR count). The zero-order chi connectivity index (χ0) is 22.8. The lowest BCUT2D eigenvalue weighted by Crippen LogP contribution is -2.29. The van der Waals surface area contributed by atoms with Crippen LogP contribution in [-0.4, -0.2) is 31.0 Å². The van der Waals surface area contributed by atoms with Crippen LogP contribution in [0.3, 0.4) is 0 Å². The van der Waals surface area contributed by atoms with Crippen molar-refractivity contribution in [3.63, 3.8) is 0 Å². The summed E-state index contributed by atoms with van der Waals surface area (Å²) in [6.07, 6.45) is 3.27. The first-order chi connectivity index (χ1) is 15.3. The van der Waals surface area contributed by atoms with Gasteiger partial charge in [-0.3, -0.25) is 14.4 Å². The number of hydrogen-bond acceptors (Lipinski definition) is 5. The summed E-state index contributed by atoms with van der Waals surface area (Å²) in [5.41, 5.74) is 0.933. The molecule has 1 amide bonds. The Morgan fingerprint density at radius 3 is 2.34 bits per heavy atom. The minimum atomic E-state index is -0.429. The van der Waals surface area contributed by atoms with Gasteiger partial charge in [0.15, 0.2) is 11.5 Å². The molecule has 8 heteroatoms. The number of ketones is 1. The van der Waals surface area contributed by atoms with Crippen molar-refractivity contribution < 1.29 is 9.59 Å². The highest BCUT2D eigenvalue weighted by Crippen LogP contribution is 2.17. The zero-order valence-electron chi connectivity index (χ0n) is 18.1. The third-order valence-corrected chi connectivity index (χ3v) is 5.05. The third-order valence-electron chi connectivity index (χ3n) is 5.05. The minimum Gasteiger partial charge on any atom is -0.331 e. The fourth-order valence-electron chi connectivity index (χ4n) is 3.48. The molecule has 0 saturated heterocycles. The van der Waals surface area contributed by atoms with Gasteiger partial charge in [-0.2, -0.15) is 5.10 Å². The van der Waals surface area contributed by atoms with Gasteiger partial charge in [0.05, 0.1) is 5.39 Å². The molecule has 2 heterocycles. The molecule has 0 aliphatic heterocycles. The van der Waals surface area contributed by atoms with Crippen LogP contribution >= 0.6 is 0 Å². The second-order valence-electron chi connectivity index (χ2n) is 8.00. The first kappa shape index (κ1) is 21.2. The summed E-state index contributed by atoms with van der Waals surface area (Å²) in [7, 11) is 1.75. The number of anilines is 1. The Morgan fingerprint density at radius 2 is 1.72 bits per heavy atom. The summed E-state index contributed by atoms with van der Waals surface area (Å²) in [5.74, 6) is -0.100. The SMILES string of the molecule is CC(C)Cn1nc(C(=O)Nc2ccc(C(=O)c3nccn3C)cc2)c2ccccc2c1=O. The van der Waals surface area contributed by atoms with Gasteiger partial charge < -0.3 is 9.88 Å². The smallest absolute Gasteiger partial charge is 0.276 e. The first-order valence-corrected chi connectivity index (χ1v) is 10.3. The molecular weight excluding hydrogens is 406 g/mol. The molecule has 162 valence electrons. The highest BCUT2D eigenvalue weighted by molar-refractivity contribution is 6.11. The number of benzene rings is 2. The number of fused-ring (bicyclic) bond motifs is 1. The van der Waals surface area contributed by atoms with Gasteiger partial charge in [-0.05, 0) is 36.2 Å². The lowest BCUT2D eigenvalue weighted by Gasteiger charge is -2.13. The van der Waals surface area contributed by atoms with Crippen LogP contribution in [0.4, 0.5) is 5.69 Å². The van der Waals surface area contributed by atoms with E-state index in [1.54, 1.807) is 72.5 Å². The summed E-state index contributed by atoms with van der Waals surface area (Å²) in [6.45, 7) is 4.38. The Balaban J connectivity index is 1.63. The number of nitrogens with zero attached hydrogens (tertiary/aromatic N) is 4. The fraction of sp³-hybridized carbons (Fsp3) is 0.208. The van der Waals surface area contributed by atoms with Crippen molar-refractivity contribution in [2.45, 2.75) is 20.4 Å². The molecule has 0 aliphatic rings. The average Bonchev–Trinajstić information content (AvgIpc) is 3.21. The Bertz CT molecular complexity index is 1370. The number of nitrogens with one attached hydrogen (secondary N) is 1. The molecule has 4 aromatic rings. The summed E-state index contributed by atoms with van der Waals surface area (Å²) in [5, 5.41) is 8.11. The summed E-state index contributed by atoms with van der Waals surface area (Å²) >= 11 is 0. The van der Waals surface area contributed by atoms with E-state index in [-0.39, 0.29) is 23.0 Å². The van der Waals surface area contributed by atoms with Crippen molar-refractivity contribution in [2.24, 2.45) is 13.0 Å². The number of aromatic nitrogens is 4. The molecular formula is C24H23N5O3. The van der Waals surface area contributed by atoms with Crippen molar-refractivity contribution in [1.82, 2.24) is 19.3 Å². The maximum Gasteiger partial charge on any atom is 0.276 e. The van der Waals surface area contributed by atoms with Crippen molar-refractivity contribution in [2.75, 3.05) is 5.32 Å². The molecule has 0 saturated carbocycles. The van der Waals surface area contributed by atoms with E-state index in [9.17, 15) is 14.4 Å². The van der Waals surface area contributed by atoms with E-state index in [1.165, 1.54) is 4.68 Å². The molecule has 0 fully saturated rings.